The second-order valence-corrected chi connectivity index (χ2v) is 6.73. The van der Waals surface area contributed by atoms with Crippen LogP contribution in [0.1, 0.15) is 31.1 Å². The van der Waals surface area contributed by atoms with Gasteiger partial charge < -0.3 is 19.7 Å². The van der Waals surface area contributed by atoms with Gasteiger partial charge in [-0.1, -0.05) is 13.8 Å². The highest BCUT2D eigenvalue weighted by molar-refractivity contribution is 5.97. The van der Waals surface area contributed by atoms with Crippen molar-refractivity contribution in [3.63, 3.8) is 0 Å². The number of anilines is 1. The van der Waals surface area contributed by atoms with Crippen molar-refractivity contribution in [2.45, 2.75) is 26.8 Å². The highest BCUT2D eigenvalue weighted by atomic mass is 16.6. The van der Waals surface area contributed by atoms with E-state index in [2.05, 4.69) is 5.32 Å². The number of hydrogen-bond donors (Lipinski definition) is 1. The normalized spacial score (nSPS) is 15.3. The first kappa shape index (κ1) is 20.6. The number of amides is 1. The van der Waals surface area contributed by atoms with Crippen molar-refractivity contribution >= 4 is 23.3 Å². The smallest absolute Gasteiger partial charge is 0.341 e. The molecule has 1 N–H and O–H groups in total. The van der Waals surface area contributed by atoms with E-state index in [-0.39, 0.29) is 23.2 Å². The minimum absolute atomic E-state index is 0.0575. The van der Waals surface area contributed by atoms with Crippen LogP contribution in [-0.2, 0) is 14.3 Å². The fourth-order valence-corrected chi connectivity index (χ4v) is 2.55. The third-order valence-electron chi connectivity index (χ3n) is 4.49. The van der Waals surface area contributed by atoms with E-state index >= 15 is 0 Å². The van der Waals surface area contributed by atoms with Crippen LogP contribution in [0.5, 0.6) is 0 Å². The predicted octanol–water partition coefficient (Wildman–Crippen LogP) is 1.75. The maximum Gasteiger partial charge on any atom is 0.341 e. The zero-order valence-electron chi connectivity index (χ0n) is 15.8. The number of carbonyl (C=O) groups is 2. The molecule has 0 aliphatic carbocycles. The van der Waals surface area contributed by atoms with Gasteiger partial charge in [0.05, 0.1) is 29.4 Å². The fraction of sp³-hybridized carbons (Fsp3) is 0.556. The first-order valence-electron chi connectivity index (χ1n) is 8.87. The number of carbonyl (C=O) groups excluding carboxylic acids is 2. The molecular weight excluding hydrogens is 354 g/mol. The lowest BCUT2D eigenvalue weighted by molar-refractivity contribution is -0.384. The van der Waals surface area contributed by atoms with Gasteiger partial charge in [0.25, 0.3) is 11.6 Å². The van der Waals surface area contributed by atoms with Crippen LogP contribution in [-0.4, -0.2) is 55.8 Å². The van der Waals surface area contributed by atoms with E-state index in [0.29, 0.717) is 32.0 Å². The number of rotatable bonds is 7. The lowest BCUT2D eigenvalue weighted by Gasteiger charge is -2.30. The number of nitro groups is 1. The number of esters is 1. The second kappa shape index (κ2) is 9.31. The summed E-state index contributed by atoms with van der Waals surface area (Å²) in [6.45, 7) is 7.48. The molecule has 0 unspecified atom stereocenters. The van der Waals surface area contributed by atoms with Crippen molar-refractivity contribution in [2.75, 3.05) is 37.8 Å². The van der Waals surface area contributed by atoms with Gasteiger partial charge >= 0.3 is 5.97 Å². The van der Waals surface area contributed by atoms with Crippen molar-refractivity contribution in [1.82, 2.24) is 5.32 Å². The molecule has 148 valence electrons. The molecular formula is C18H25N3O6. The van der Waals surface area contributed by atoms with Gasteiger partial charge in [0.1, 0.15) is 0 Å². The number of nitrogens with zero attached hydrogens (tertiary/aromatic N) is 2. The highest BCUT2D eigenvalue weighted by Gasteiger charge is 2.23. The molecule has 1 saturated heterocycles. The molecule has 0 saturated carbocycles. The summed E-state index contributed by atoms with van der Waals surface area (Å²) in [5.74, 6) is -0.940. The quantitative estimate of drug-likeness (QED) is 0.436. The molecule has 9 heteroatoms. The van der Waals surface area contributed by atoms with Crippen LogP contribution < -0.4 is 10.2 Å². The number of non-ortho nitro benzene ring substituents is 1. The van der Waals surface area contributed by atoms with Crippen LogP contribution >= 0.6 is 0 Å². The largest absolute Gasteiger partial charge is 0.452 e. The predicted molar refractivity (Wildman–Crippen MR) is 98.9 cm³/mol. The van der Waals surface area contributed by atoms with Crippen LogP contribution in [0.2, 0.25) is 0 Å². The average molecular weight is 379 g/mol. The van der Waals surface area contributed by atoms with E-state index in [1.807, 2.05) is 25.7 Å². The van der Waals surface area contributed by atoms with Gasteiger partial charge in [-0.25, -0.2) is 4.79 Å². The summed E-state index contributed by atoms with van der Waals surface area (Å²) in [6, 6.07) is 4.00. The molecule has 1 heterocycles. The van der Waals surface area contributed by atoms with Crippen molar-refractivity contribution in [3.8, 4) is 0 Å². The molecule has 27 heavy (non-hydrogen) atoms. The first-order valence-corrected chi connectivity index (χ1v) is 8.87. The van der Waals surface area contributed by atoms with Gasteiger partial charge in [-0.2, -0.15) is 0 Å². The summed E-state index contributed by atoms with van der Waals surface area (Å²) in [5, 5.41) is 13.8. The highest BCUT2D eigenvalue weighted by Crippen LogP contribution is 2.27. The maximum absolute atomic E-state index is 12.5. The van der Waals surface area contributed by atoms with Crippen molar-refractivity contribution in [2.24, 2.45) is 5.92 Å². The van der Waals surface area contributed by atoms with Gasteiger partial charge in [-0.15, -0.1) is 0 Å². The molecule has 1 fully saturated rings. The molecule has 1 aliphatic heterocycles. The van der Waals surface area contributed by atoms with Gasteiger partial charge in [0.2, 0.25) is 0 Å². The molecule has 1 amide bonds. The van der Waals surface area contributed by atoms with Gasteiger partial charge in [0, 0.05) is 31.3 Å². The number of hydrogen-bond acceptors (Lipinski definition) is 7. The van der Waals surface area contributed by atoms with Crippen molar-refractivity contribution < 1.29 is 24.0 Å². The van der Waals surface area contributed by atoms with E-state index in [1.165, 1.54) is 18.2 Å². The van der Waals surface area contributed by atoms with E-state index in [4.69, 9.17) is 9.47 Å². The average Bonchev–Trinajstić information content (AvgIpc) is 2.66. The third-order valence-corrected chi connectivity index (χ3v) is 4.49. The van der Waals surface area contributed by atoms with Gasteiger partial charge in [0.15, 0.2) is 6.61 Å². The fourth-order valence-electron chi connectivity index (χ4n) is 2.55. The SMILES string of the molecule is CC(C)[C@@H](C)NC(=O)COC(=O)c1cc([N+](=O)[O-])ccc1N1CCOCC1. The Hall–Kier alpha value is -2.68. The molecule has 0 bridgehead atoms. The van der Waals surface area contributed by atoms with Crippen molar-refractivity contribution in [3.05, 3.63) is 33.9 Å². The maximum atomic E-state index is 12.5. The van der Waals surface area contributed by atoms with Crippen LogP contribution in [0, 0.1) is 16.0 Å². The Labute approximate surface area is 157 Å². The summed E-state index contributed by atoms with van der Waals surface area (Å²) < 4.78 is 10.4. The Bertz CT molecular complexity index is 700. The van der Waals surface area contributed by atoms with Crippen molar-refractivity contribution in [1.29, 1.82) is 0 Å². The molecule has 0 aromatic heterocycles. The number of morpholine rings is 1. The molecule has 2 rings (SSSR count). The summed E-state index contributed by atoms with van der Waals surface area (Å²) in [7, 11) is 0. The zero-order chi connectivity index (χ0) is 20.0. The summed E-state index contributed by atoms with van der Waals surface area (Å²) >= 11 is 0. The lowest BCUT2D eigenvalue weighted by Crippen LogP contribution is -2.39. The third kappa shape index (κ3) is 5.65. The van der Waals surface area contributed by atoms with E-state index < -0.39 is 23.4 Å². The van der Waals surface area contributed by atoms with Crippen LogP contribution in [0.15, 0.2) is 18.2 Å². The topological polar surface area (TPSA) is 111 Å². The molecule has 9 nitrogen and oxygen atoms in total. The van der Waals surface area contributed by atoms with Gasteiger partial charge in [-0.05, 0) is 18.9 Å². The number of nitro benzene ring substituents is 1. The Kier molecular flexibility index (Phi) is 7.12. The minimum Gasteiger partial charge on any atom is -0.452 e. The zero-order valence-corrected chi connectivity index (χ0v) is 15.8. The van der Waals surface area contributed by atoms with E-state index in [0.717, 1.165) is 0 Å². The lowest BCUT2D eigenvalue weighted by atomic mass is 10.1. The summed E-state index contributed by atoms with van der Waals surface area (Å²) in [4.78, 5) is 36.9. The molecule has 1 aliphatic rings. The second-order valence-electron chi connectivity index (χ2n) is 6.73. The summed E-state index contributed by atoms with van der Waals surface area (Å²) in [5.41, 5.74) is 0.387. The Morgan fingerprint density at radius 2 is 1.96 bits per heavy atom. The van der Waals surface area contributed by atoms with Crippen LogP contribution in [0.25, 0.3) is 0 Å². The molecule has 0 spiro atoms. The standard InChI is InChI=1S/C18H25N3O6/c1-12(2)13(3)19-17(22)11-27-18(23)15-10-14(21(24)25)4-5-16(15)20-6-8-26-9-7-20/h4-5,10,12-13H,6-9,11H2,1-3H3,(H,19,22)/t13-/m1/s1. The molecule has 0 radical (unpaired) electrons. The summed E-state index contributed by atoms with van der Waals surface area (Å²) in [6.07, 6.45) is 0. The monoisotopic (exact) mass is 379 g/mol. The Morgan fingerprint density at radius 3 is 2.56 bits per heavy atom. The number of ether oxygens (including phenoxy) is 2. The Balaban J connectivity index is 2.13. The molecule has 1 atom stereocenters. The van der Waals surface area contributed by atoms with Crippen LogP contribution in [0.3, 0.4) is 0 Å². The number of benzene rings is 1. The molecule has 1 aromatic carbocycles. The Morgan fingerprint density at radius 1 is 1.30 bits per heavy atom. The van der Waals surface area contributed by atoms with Gasteiger partial charge in [-0.3, -0.25) is 14.9 Å². The minimum atomic E-state index is -0.771. The van der Waals surface area contributed by atoms with Crippen LogP contribution in [0.4, 0.5) is 11.4 Å². The van der Waals surface area contributed by atoms with E-state index in [9.17, 15) is 19.7 Å². The first-order chi connectivity index (χ1) is 12.8. The van der Waals surface area contributed by atoms with E-state index in [1.54, 1.807) is 0 Å². The number of nitrogens with one attached hydrogen (secondary N) is 1. The molecule has 1 aromatic rings.